The third kappa shape index (κ3) is 1.54. The molecule has 1 aliphatic rings. The Labute approximate surface area is 94.5 Å². The van der Waals surface area contributed by atoms with Crippen LogP contribution in [0.2, 0.25) is 0 Å². The summed E-state index contributed by atoms with van der Waals surface area (Å²) in [5.74, 6) is 2.61. The highest BCUT2D eigenvalue weighted by atomic mass is 15.0. The van der Waals surface area contributed by atoms with Crippen molar-refractivity contribution in [3.05, 3.63) is 18.0 Å². The molecule has 2 N–H and O–H groups in total. The molecule has 0 unspecified atom stereocenters. The molecular formula is C12H16N4. The van der Waals surface area contributed by atoms with Crippen LogP contribution in [0.1, 0.15) is 37.4 Å². The fraction of sp³-hybridized carbons (Fsp3) is 0.500. The Hall–Kier alpha value is -1.58. The lowest BCUT2D eigenvalue weighted by molar-refractivity contribution is 0.681. The van der Waals surface area contributed by atoms with Gasteiger partial charge >= 0.3 is 0 Å². The van der Waals surface area contributed by atoms with Crippen molar-refractivity contribution >= 4 is 17.0 Å². The molecule has 1 saturated carbocycles. The first-order chi connectivity index (χ1) is 7.86. The molecule has 0 bridgehead atoms. The summed E-state index contributed by atoms with van der Waals surface area (Å²) in [5, 5.41) is 3.03. The molecular weight excluding hydrogens is 200 g/mol. The van der Waals surface area contributed by atoms with E-state index in [0.29, 0.717) is 5.92 Å². The van der Waals surface area contributed by atoms with Crippen LogP contribution in [-0.2, 0) is 0 Å². The maximum absolute atomic E-state index is 4.60. The van der Waals surface area contributed by atoms with Crippen LogP contribution in [0.4, 0.5) is 5.82 Å². The van der Waals surface area contributed by atoms with E-state index in [1.54, 1.807) is 0 Å². The van der Waals surface area contributed by atoms with Crippen LogP contribution in [-0.4, -0.2) is 22.0 Å². The van der Waals surface area contributed by atoms with Crippen molar-refractivity contribution in [1.29, 1.82) is 0 Å². The average molecular weight is 216 g/mol. The number of nitrogens with zero attached hydrogens (tertiary/aromatic N) is 2. The van der Waals surface area contributed by atoms with Crippen LogP contribution in [0.25, 0.3) is 11.2 Å². The minimum atomic E-state index is 0.618. The Morgan fingerprint density at radius 1 is 1.25 bits per heavy atom. The Balaban J connectivity index is 2.01. The van der Waals surface area contributed by atoms with Crippen LogP contribution in [0, 0.1) is 0 Å². The SMILES string of the molecule is CNc1ccc2[nH]c(C3CCCC3)nc2n1. The van der Waals surface area contributed by atoms with Crippen molar-refractivity contribution in [1.82, 2.24) is 15.0 Å². The Morgan fingerprint density at radius 2 is 2.06 bits per heavy atom. The fourth-order valence-corrected chi connectivity index (χ4v) is 2.44. The predicted octanol–water partition coefficient (Wildman–Crippen LogP) is 2.66. The average Bonchev–Trinajstić information content (AvgIpc) is 2.96. The van der Waals surface area contributed by atoms with Crippen LogP contribution in [0.5, 0.6) is 0 Å². The predicted molar refractivity (Wildman–Crippen MR) is 64.6 cm³/mol. The summed E-state index contributed by atoms with van der Waals surface area (Å²) in [5.41, 5.74) is 1.87. The van der Waals surface area contributed by atoms with E-state index in [-0.39, 0.29) is 0 Å². The first-order valence-corrected chi connectivity index (χ1v) is 5.91. The smallest absolute Gasteiger partial charge is 0.179 e. The molecule has 0 radical (unpaired) electrons. The molecule has 84 valence electrons. The van der Waals surface area contributed by atoms with Crippen LogP contribution >= 0.6 is 0 Å². The molecule has 4 nitrogen and oxygen atoms in total. The molecule has 0 saturated heterocycles. The van der Waals surface area contributed by atoms with Gasteiger partial charge in [0.05, 0.1) is 5.52 Å². The zero-order valence-corrected chi connectivity index (χ0v) is 9.45. The van der Waals surface area contributed by atoms with Crippen molar-refractivity contribution in [2.24, 2.45) is 0 Å². The van der Waals surface area contributed by atoms with Gasteiger partial charge in [0, 0.05) is 13.0 Å². The van der Waals surface area contributed by atoms with Crippen LogP contribution in [0.3, 0.4) is 0 Å². The van der Waals surface area contributed by atoms with E-state index in [0.717, 1.165) is 22.8 Å². The molecule has 0 amide bonds. The lowest BCUT2D eigenvalue weighted by Gasteiger charge is -2.02. The summed E-state index contributed by atoms with van der Waals surface area (Å²) in [6.45, 7) is 0. The highest BCUT2D eigenvalue weighted by Gasteiger charge is 2.20. The van der Waals surface area contributed by atoms with E-state index < -0.39 is 0 Å². The summed E-state index contributed by atoms with van der Waals surface area (Å²) in [7, 11) is 1.87. The lowest BCUT2D eigenvalue weighted by Crippen LogP contribution is -1.94. The number of aromatic amines is 1. The number of nitrogens with one attached hydrogen (secondary N) is 2. The largest absolute Gasteiger partial charge is 0.373 e. The third-order valence-electron chi connectivity index (χ3n) is 3.36. The fourth-order valence-electron chi connectivity index (χ4n) is 2.44. The Morgan fingerprint density at radius 3 is 2.81 bits per heavy atom. The molecule has 0 atom stereocenters. The first kappa shape index (κ1) is 9.63. The van der Waals surface area contributed by atoms with Crippen LogP contribution in [0.15, 0.2) is 12.1 Å². The molecule has 2 heterocycles. The van der Waals surface area contributed by atoms with Crippen molar-refractivity contribution in [2.45, 2.75) is 31.6 Å². The molecule has 2 aromatic heterocycles. The van der Waals surface area contributed by atoms with Gasteiger partial charge in [0.15, 0.2) is 5.65 Å². The standard InChI is InChI=1S/C12H16N4/c1-13-10-7-6-9-12(15-10)16-11(14-9)8-4-2-3-5-8/h6-8H,2-5H2,1H3,(H2,13,14,15,16). The minimum Gasteiger partial charge on any atom is -0.373 e. The van der Waals surface area contributed by atoms with Gasteiger partial charge in [-0.2, -0.15) is 0 Å². The highest BCUT2D eigenvalue weighted by Crippen LogP contribution is 2.33. The molecule has 3 rings (SSSR count). The van der Waals surface area contributed by atoms with E-state index in [2.05, 4.69) is 20.3 Å². The van der Waals surface area contributed by atoms with Gasteiger partial charge in [-0.1, -0.05) is 12.8 Å². The van der Waals surface area contributed by atoms with E-state index >= 15 is 0 Å². The number of pyridine rings is 1. The van der Waals surface area contributed by atoms with E-state index in [4.69, 9.17) is 0 Å². The number of imidazole rings is 1. The number of aromatic nitrogens is 3. The number of hydrogen-bond acceptors (Lipinski definition) is 3. The third-order valence-corrected chi connectivity index (χ3v) is 3.36. The van der Waals surface area contributed by atoms with Crippen molar-refractivity contribution in [2.75, 3.05) is 12.4 Å². The second kappa shape index (κ2) is 3.77. The summed E-state index contributed by atoms with van der Waals surface area (Å²) in [6, 6.07) is 4.01. The number of H-pyrrole nitrogens is 1. The summed E-state index contributed by atoms with van der Waals surface area (Å²) in [4.78, 5) is 12.4. The zero-order chi connectivity index (χ0) is 11.0. The molecule has 1 fully saturated rings. The van der Waals surface area contributed by atoms with Gasteiger partial charge in [-0.15, -0.1) is 0 Å². The van der Waals surface area contributed by atoms with Gasteiger partial charge in [-0.05, 0) is 25.0 Å². The second-order valence-corrected chi connectivity index (χ2v) is 4.42. The molecule has 1 aliphatic carbocycles. The molecule has 16 heavy (non-hydrogen) atoms. The van der Waals surface area contributed by atoms with Crippen molar-refractivity contribution < 1.29 is 0 Å². The minimum absolute atomic E-state index is 0.618. The quantitative estimate of drug-likeness (QED) is 0.811. The van der Waals surface area contributed by atoms with E-state index in [9.17, 15) is 0 Å². The van der Waals surface area contributed by atoms with Crippen molar-refractivity contribution in [3.8, 4) is 0 Å². The van der Waals surface area contributed by atoms with Gasteiger partial charge < -0.3 is 10.3 Å². The number of hydrogen-bond donors (Lipinski definition) is 2. The Bertz CT molecular complexity index is 497. The number of anilines is 1. The molecule has 0 spiro atoms. The van der Waals surface area contributed by atoms with Gasteiger partial charge in [-0.25, -0.2) is 9.97 Å². The highest BCUT2D eigenvalue weighted by molar-refractivity contribution is 5.73. The molecule has 4 heteroatoms. The zero-order valence-electron chi connectivity index (χ0n) is 9.45. The maximum atomic E-state index is 4.60. The van der Waals surface area contributed by atoms with Crippen molar-refractivity contribution in [3.63, 3.8) is 0 Å². The molecule has 2 aromatic rings. The summed E-state index contributed by atoms with van der Waals surface area (Å²) in [6.07, 6.45) is 5.19. The van der Waals surface area contributed by atoms with E-state index in [1.165, 1.54) is 25.7 Å². The normalized spacial score (nSPS) is 17.1. The molecule has 0 aromatic carbocycles. The monoisotopic (exact) mass is 216 g/mol. The summed E-state index contributed by atoms with van der Waals surface area (Å²) < 4.78 is 0. The van der Waals surface area contributed by atoms with Gasteiger partial charge in [0.1, 0.15) is 11.6 Å². The lowest BCUT2D eigenvalue weighted by atomic mass is 10.1. The second-order valence-electron chi connectivity index (χ2n) is 4.42. The topological polar surface area (TPSA) is 53.6 Å². The van der Waals surface area contributed by atoms with Gasteiger partial charge in [-0.3, -0.25) is 0 Å². The number of fused-ring (bicyclic) bond motifs is 1. The van der Waals surface area contributed by atoms with E-state index in [1.807, 2.05) is 19.2 Å². The van der Waals surface area contributed by atoms with Crippen LogP contribution < -0.4 is 5.32 Å². The summed E-state index contributed by atoms with van der Waals surface area (Å²) >= 11 is 0. The molecule has 0 aliphatic heterocycles. The van der Waals surface area contributed by atoms with Gasteiger partial charge in [0.25, 0.3) is 0 Å². The maximum Gasteiger partial charge on any atom is 0.179 e. The number of rotatable bonds is 2. The first-order valence-electron chi connectivity index (χ1n) is 5.91. The Kier molecular flexibility index (Phi) is 2.27. The van der Waals surface area contributed by atoms with Gasteiger partial charge in [0.2, 0.25) is 0 Å².